The van der Waals surface area contributed by atoms with Gasteiger partial charge in [-0.3, -0.25) is 4.79 Å². The number of hydrogen-bond acceptors (Lipinski definition) is 2. The first kappa shape index (κ1) is 14.0. The molecule has 1 amide bonds. The standard InChI is InChI=1S/C15H21FN2O/c16-14-4-2-1-3-13(14)11-15(19)18-9-6-12(5-8-17)7-10-18/h1-4,12H,5-11,17H2. The van der Waals surface area contributed by atoms with Crippen LogP contribution in [0.5, 0.6) is 0 Å². The lowest BCUT2D eigenvalue weighted by Gasteiger charge is -2.32. The second kappa shape index (κ2) is 6.66. The molecule has 1 aliphatic rings. The molecule has 1 aliphatic heterocycles. The molecule has 1 aromatic rings. The highest BCUT2D eigenvalue weighted by Crippen LogP contribution is 2.20. The summed E-state index contributed by atoms with van der Waals surface area (Å²) in [5.74, 6) is 0.368. The highest BCUT2D eigenvalue weighted by atomic mass is 19.1. The monoisotopic (exact) mass is 264 g/mol. The average molecular weight is 264 g/mol. The van der Waals surface area contributed by atoms with Gasteiger partial charge in [-0.2, -0.15) is 0 Å². The second-order valence-corrected chi connectivity index (χ2v) is 5.17. The number of likely N-dealkylation sites (tertiary alicyclic amines) is 1. The predicted molar refractivity (Wildman–Crippen MR) is 73.1 cm³/mol. The lowest BCUT2D eigenvalue weighted by molar-refractivity contribution is -0.131. The predicted octanol–water partition coefficient (Wildman–Crippen LogP) is 1.96. The summed E-state index contributed by atoms with van der Waals surface area (Å²) < 4.78 is 13.5. The lowest BCUT2D eigenvalue weighted by atomic mass is 9.93. The Bertz CT molecular complexity index is 428. The molecule has 4 heteroatoms. The number of benzene rings is 1. The summed E-state index contributed by atoms with van der Waals surface area (Å²) in [6, 6.07) is 6.48. The summed E-state index contributed by atoms with van der Waals surface area (Å²) in [4.78, 5) is 14.0. The van der Waals surface area contributed by atoms with Crippen molar-refractivity contribution in [1.29, 1.82) is 0 Å². The highest BCUT2D eigenvalue weighted by Gasteiger charge is 2.22. The number of nitrogens with zero attached hydrogens (tertiary/aromatic N) is 1. The van der Waals surface area contributed by atoms with E-state index in [0.29, 0.717) is 18.0 Å². The van der Waals surface area contributed by atoms with Crippen molar-refractivity contribution < 1.29 is 9.18 Å². The van der Waals surface area contributed by atoms with Crippen LogP contribution in [-0.4, -0.2) is 30.4 Å². The maximum Gasteiger partial charge on any atom is 0.227 e. The fourth-order valence-electron chi connectivity index (χ4n) is 2.62. The van der Waals surface area contributed by atoms with Crippen molar-refractivity contribution in [2.24, 2.45) is 11.7 Å². The Labute approximate surface area is 113 Å². The Hall–Kier alpha value is -1.42. The molecule has 2 rings (SSSR count). The summed E-state index contributed by atoms with van der Waals surface area (Å²) in [7, 11) is 0. The van der Waals surface area contributed by atoms with Gasteiger partial charge in [0.25, 0.3) is 0 Å². The van der Waals surface area contributed by atoms with Crippen LogP contribution in [0.15, 0.2) is 24.3 Å². The summed E-state index contributed by atoms with van der Waals surface area (Å²) in [5, 5.41) is 0. The van der Waals surface area contributed by atoms with Gasteiger partial charge in [0.05, 0.1) is 6.42 Å². The van der Waals surface area contributed by atoms with Crippen molar-refractivity contribution in [2.45, 2.75) is 25.7 Å². The van der Waals surface area contributed by atoms with Gasteiger partial charge in [0.1, 0.15) is 5.82 Å². The zero-order valence-corrected chi connectivity index (χ0v) is 11.1. The van der Waals surface area contributed by atoms with Gasteiger partial charge in [0.15, 0.2) is 0 Å². The number of nitrogens with two attached hydrogens (primary N) is 1. The number of hydrogen-bond donors (Lipinski definition) is 1. The van der Waals surface area contributed by atoms with Crippen molar-refractivity contribution >= 4 is 5.91 Å². The molecule has 0 spiro atoms. The van der Waals surface area contributed by atoms with E-state index >= 15 is 0 Å². The SMILES string of the molecule is NCCC1CCN(C(=O)Cc2ccccc2F)CC1. The van der Waals surface area contributed by atoms with Gasteiger partial charge in [-0.25, -0.2) is 4.39 Å². The zero-order chi connectivity index (χ0) is 13.7. The summed E-state index contributed by atoms with van der Waals surface area (Å²) in [5.41, 5.74) is 6.03. The minimum Gasteiger partial charge on any atom is -0.342 e. The zero-order valence-electron chi connectivity index (χ0n) is 11.1. The summed E-state index contributed by atoms with van der Waals surface area (Å²) in [6.45, 7) is 2.27. The van der Waals surface area contributed by atoms with Crippen LogP contribution < -0.4 is 5.73 Å². The Morgan fingerprint density at radius 3 is 2.63 bits per heavy atom. The van der Waals surface area contributed by atoms with E-state index in [9.17, 15) is 9.18 Å². The van der Waals surface area contributed by atoms with E-state index in [1.165, 1.54) is 6.07 Å². The molecule has 0 saturated carbocycles. The summed E-state index contributed by atoms with van der Waals surface area (Å²) in [6.07, 6.45) is 3.23. The van der Waals surface area contributed by atoms with Crippen molar-refractivity contribution in [3.8, 4) is 0 Å². The molecule has 19 heavy (non-hydrogen) atoms. The molecule has 0 atom stereocenters. The van der Waals surface area contributed by atoms with Crippen LogP contribution in [0.1, 0.15) is 24.8 Å². The third-order valence-electron chi connectivity index (χ3n) is 3.84. The first-order chi connectivity index (χ1) is 9.20. The lowest BCUT2D eigenvalue weighted by Crippen LogP contribution is -2.39. The van der Waals surface area contributed by atoms with Crippen LogP contribution in [0.3, 0.4) is 0 Å². The number of piperidine rings is 1. The van der Waals surface area contributed by atoms with Crippen LogP contribution in [-0.2, 0) is 11.2 Å². The van der Waals surface area contributed by atoms with Crippen molar-refractivity contribution in [3.05, 3.63) is 35.6 Å². The molecule has 3 nitrogen and oxygen atoms in total. The van der Waals surface area contributed by atoms with Crippen LogP contribution >= 0.6 is 0 Å². The number of carbonyl (C=O) groups is 1. The minimum absolute atomic E-state index is 0.0244. The van der Waals surface area contributed by atoms with Crippen LogP contribution in [0.4, 0.5) is 4.39 Å². The third-order valence-corrected chi connectivity index (χ3v) is 3.84. The molecule has 0 unspecified atom stereocenters. The maximum atomic E-state index is 13.5. The molecule has 0 bridgehead atoms. The van der Waals surface area contributed by atoms with E-state index in [0.717, 1.165) is 32.4 Å². The van der Waals surface area contributed by atoms with Crippen molar-refractivity contribution in [3.63, 3.8) is 0 Å². The van der Waals surface area contributed by atoms with Crippen molar-refractivity contribution in [1.82, 2.24) is 4.90 Å². The normalized spacial score (nSPS) is 16.6. The highest BCUT2D eigenvalue weighted by molar-refractivity contribution is 5.78. The van der Waals surface area contributed by atoms with Gasteiger partial charge in [-0.05, 0) is 43.4 Å². The average Bonchev–Trinajstić information content (AvgIpc) is 2.42. The maximum absolute atomic E-state index is 13.5. The van der Waals surface area contributed by atoms with Crippen molar-refractivity contribution in [2.75, 3.05) is 19.6 Å². The first-order valence-electron chi connectivity index (χ1n) is 6.92. The second-order valence-electron chi connectivity index (χ2n) is 5.17. The number of carbonyl (C=O) groups excluding carboxylic acids is 1. The molecule has 1 heterocycles. The molecule has 0 aromatic heterocycles. The molecule has 1 saturated heterocycles. The molecular formula is C15H21FN2O. The topological polar surface area (TPSA) is 46.3 Å². The fourth-order valence-corrected chi connectivity index (χ4v) is 2.62. The number of halogens is 1. The van der Waals surface area contributed by atoms with Crippen LogP contribution in [0.25, 0.3) is 0 Å². The van der Waals surface area contributed by atoms with Crippen LogP contribution in [0.2, 0.25) is 0 Å². The van der Waals surface area contributed by atoms with E-state index in [1.807, 2.05) is 4.90 Å². The van der Waals surface area contributed by atoms with E-state index < -0.39 is 0 Å². The Morgan fingerprint density at radius 1 is 1.32 bits per heavy atom. The smallest absolute Gasteiger partial charge is 0.227 e. The molecular weight excluding hydrogens is 243 g/mol. The Morgan fingerprint density at radius 2 is 2.00 bits per heavy atom. The van der Waals surface area contributed by atoms with Gasteiger partial charge >= 0.3 is 0 Å². The molecule has 1 fully saturated rings. The Balaban J connectivity index is 1.87. The van der Waals surface area contributed by atoms with Gasteiger partial charge in [-0.1, -0.05) is 18.2 Å². The molecule has 0 radical (unpaired) electrons. The largest absolute Gasteiger partial charge is 0.342 e. The van der Waals surface area contributed by atoms with Gasteiger partial charge in [0.2, 0.25) is 5.91 Å². The fraction of sp³-hybridized carbons (Fsp3) is 0.533. The molecule has 1 aromatic carbocycles. The molecule has 0 aliphatic carbocycles. The van der Waals surface area contributed by atoms with E-state index in [2.05, 4.69) is 0 Å². The minimum atomic E-state index is -0.297. The first-order valence-corrected chi connectivity index (χ1v) is 6.92. The van der Waals surface area contributed by atoms with E-state index in [4.69, 9.17) is 5.73 Å². The number of amides is 1. The molecule has 104 valence electrons. The van der Waals surface area contributed by atoms with E-state index in [1.54, 1.807) is 18.2 Å². The van der Waals surface area contributed by atoms with Gasteiger partial charge < -0.3 is 10.6 Å². The Kier molecular flexibility index (Phi) is 4.91. The molecule has 2 N–H and O–H groups in total. The van der Waals surface area contributed by atoms with Gasteiger partial charge in [0, 0.05) is 13.1 Å². The third kappa shape index (κ3) is 3.77. The van der Waals surface area contributed by atoms with Gasteiger partial charge in [-0.15, -0.1) is 0 Å². The quantitative estimate of drug-likeness (QED) is 0.903. The summed E-state index contributed by atoms with van der Waals surface area (Å²) >= 11 is 0. The number of rotatable bonds is 4. The van der Waals surface area contributed by atoms with E-state index in [-0.39, 0.29) is 18.1 Å². The van der Waals surface area contributed by atoms with Crippen LogP contribution in [0, 0.1) is 11.7 Å².